The number of nitro groups is 1. The number of benzene rings is 3. The highest BCUT2D eigenvalue weighted by Gasteiger charge is 2.33. The summed E-state index contributed by atoms with van der Waals surface area (Å²) in [5.74, 6) is -1.13. The molecule has 16 heteroatoms. The predicted molar refractivity (Wildman–Crippen MR) is 206 cm³/mol. The van der Waals surface area contributed by atoms with E-state index in [9.17, 15) is 31.7 Å². The van der Waals surface area contributed by atoms with Gasteiger partial charge in [0.25, 0.3) is 21.6 Å². The van der Waals surface area contributed by atoms with E-state index < -0.39 is 47.3 Å². The molecule has 0 saturated carbocycles. The lowest BCUT2D eigenvalue weighted by Gasteiger charge is -2.39. The molecule has 0 aromatic heterocycles. The number of ether oxygens (including phenoxy) is 1. The Hall–Kier alpha value is -4.18. The molecule has 1 atom stereocenters. The molecule has 2 heterocycles. The van der Waals surface area contributed by atoms with E-state index >= 15 is 0 Å². The van der Waals surface area contributed by atoms with Gasteiger partial charge in [0.05, 0.1) is 21.6 Å². The number of sulfone groups is 1. The Labute approximate surface area is 315 Å². The smallest absolute Gasteiger partial charge is 0.297 e. The van der Waals surface area contributed by atoms with Crippen LogP contribution in [-0.2, 0) is 19.9 Å². The topological polar surface area (TPSA) is 168 Å². The molecule has 3 aliphatic rings. The summed E-state index contributed by atoms with van der Waals surface area (Å²) in [5, 5.41) is 15.5. The third kappa shape index (κ3) is 9.50. The van der Waals surface area contributed by atoms with Crippen molar-refractivity contribution in [1.82, 2.24) is 9.62 Å². The molecular formula is C37H44ClN5O8S2. The van der Waals surface area contributed by atoms with Crippen molar-refractivity contribution in [3.05, 3.63) is 92.5 Å². The zero-order valence-corrected chi connectivity index (χ0v) is 32.3. The molecule has 53 heavy (non-hydrogen) atoms. The van der Waals surface area contributed by atoms with Gasteiger partial charge in [-0.1, -0.05) is 43.2 Å². The zero-order chi connectivity index (χ0) is 38.1. The Morgan fingerprint density at radius 2 is 1.72 bits per heavy atom. The fraction of sp³-hybridized carbons (Fsp3) is 0.432. The maximum Gasteiger partial charge on any atom is 0.297 e. The van der Waals surface area contributed by atoms with E-state index in [1.807, 2.05) is 16.9 Å². The highest BCUT2D eigenvalue weighted by Crippen LogP contribution is 2.44. The van der Waals surface area contributed by atoms with Crippen molar-refractivity contribution in [3.8, 4) is 5.75 Å². The van der Waals surface area contributed by atoms with Gasteiger partial charge in [-0.2, -0.15) is 0 Å². The summed E-state index contributed by atoms with van der Waals surface area (Å²) < 4.78 is 57.3. The molecule has 0 bridgehead atoms. The second kappa shape index (κ2) is 15.3. The van der Waals surface area contributed by atoms with Gasteiger partial charge < -0.3 is 15.0 Å². The molecule has 2 aliphatic heterocycles. The molecule has 1 aliphatic carbocycles. The summed E-state index contributed by atoms with van der Waals surface area (Å²) in [6.45, 7) is 8.86. The number of carbonyl (C=O) groups is 1. The van der Waals surface area contributed by atoms with Crippen LogP contribution in [0.2, 0.25) is 5.02 Å². The SMILES string of the molecule is CC1(C)CCC(CN2CCN(c3ccc(C(=O)NS(=O)(=O)c4cc5c(c([N+](=O)[O-])c4)NC(CCS(C)(=O)=O)CO5)cc3)CC2)=C(c2ccc(Cl)cc2)C1. The van der Waals surface area contributed by atoms with E-state index in [-0.39, 0.29) is 41.2 Å². The number of rotatable bonds is 11. The van der Waals surface area contributed by atoms with Crippen molar-refractivity contribution < 1.29 is 31.3 Å². The van der Waals surface area contributed by atoms with Gasteiger partial charge in [-0.25, -0.2) is 21.6 Å². The average molecular weight is 786 g/mol. The third-order valence-electron chi connectivity index (χ3n) is 10.1. The number of sulfonamides is 1. The number of anilines is 2. The monoisotopic (exact) mass is 785 g/mol. The maximum absolute atomic E-state index is 13.3. The van der Waals surface area contributed by atoms with Crippen LogP contribution in [0.15, 0.2) is 71.1 Å². The third-order valence-corrected chi connectivity index (χ3v) is 12.6. The van der Waals surface area contributed by atoms with Crippen molar-refractivity contribution in [2.24, 2.45) is 5.41 Å². The molecule has 6 rings (SSSR count). The van der Waals surface area contributed by atoms with Gasteiger partial charge in [0.2, 0.25) is 0 Å². The molecule has 1 saturated heterocycles. The molecule has 2 N–H and O–H groups in total. The molecule has 13 nitrogen and oxygen atoms in total. The van der Waals surface area contributed by atoms with Crippen LogP contribution >= 0.6 is 11.6 Å². The van der Waals surface area contributed by atoms with E-state index in [1.54, 1.807) is 24.3 Å². The van der Waals surface area contributed by atoms with Crippen LogP contribution in [0.25, 0.3) is 5.57 Å². The van der Waals surface area contributed by atoms with E-state index in [0.717, 1.165) is 81.1 Å². The van der Waals surface area contributed by atoms with Crippen LogP contribution in [0, 0.1) is 15.5 Å². The molecule has 1 unspecified atom stereocenters. The van der Waals surface area contributed by atoms with E-state index in [4.69, 9.17) is 16.3 Å². The largest absolute Gasteiger partial charge is 0.489 e. The Bertz CT molecular complexity index is 2130. The quantitative estimate of drug-likeness (QED) is 0.179. The Morgan fingerprint density at radius 1 is 1.04 bits per heavy atom. The molecule has 3 aromatic carbocycles. The van der Waals surface area contributed by atoms with E-state index in [1.165, 1.54) is 16.7 Å². The van der Waals surface area contributed by atoms with Crippen LogP contribution in [0.3, 0.4) is 0 Å². The van der Waals surface area contributed by atoms with Crippen molar-refractivity contribution >= 4 is 60.0 Å². The number of carbonyl (C=O) groups excluding carboxylic acids is 1. The van der Waals surface area contributed by atoms with E-state index in [0.29, 0.717) is 0 Å². The van der Waals surface area contributed by atoms with Crippen LogP contribution < -0.4 is 19.7 Å². The van der Waals surface area contributed by atoms with Gasteiger partial charge in [-0.3, -0.25) is 19.8 Å². The average Bonchev–Trinajstić information content (AvgIpc) is 3.11. The molecule has 0 radical (unpaired) electrons. The number of fused-ring (bicyclic) bond motifs is 1. The van der Waals surface area contributed by atoms with Crippen LogP contribution in [0.1, 0.15) is 55.5 Å². The van der Waals surface area contributed by atoms with E-state index in [2.05, 4.69) is 41.1 Å². The van der Waals surface area contributed by atoms with Crippen molar-refractivity contribution in [2.45, 2.75) is 50.5 Å². The first-order chi connectivity index (χ1) is 25.0. The number of allylic oxidation sites excluding steroid dienone is 1. The summed E-state index contributed by atoms with van der Waals surface area (Å²) in [7, 11) is -7.81. The van der Waals surface area contributed by atoms with Gasteiger partial charge >= 0.3 is 0 Å². The lowest BCUT2D eigenvalue weighted by Crippen LogP contribution is -2.47. The highest BCUT2D eigenvalue weighted by atomic mass is 35.5. The predicted octanol–water partition coefficient (Wildman–Crippen LogP) is 5.76. The molecule has 1 fully saturated rings. The zero-order valence-electron chi connectivity index (χ0n) is 29.9. The fourth-order valence-corrected chi connectivity index (χ4v) is 8.89. The van der Waals surface area contributed by atoms with Gasteiger partial charge in [-0.15, -0.1) is 0 Å². The summed E-state index contributed by atoms with van der Waals surface area (Å²) in [5.41, 5.74) is 4.77. The van der Waals surface area contributed by atoms with Gasteiger partial charge in [0.1, 0.15) is 16.4 Å². The van der Waals surface area contributed by atoms with Crippen LogP contribution in [0.4, 0.5) is 17.1 Å². The standard InChI is InChI=1S/C37H44ClN5O8S2/c1-37(2)14-12-27(32(22-37)25-4-8-28(38)9-5-25)23-41-15-17-42(18-16-41)30-10-6-26(7-11-30)36(44)40-53(49,50)31-20-33(43(45)46)35-34(21-31)51-24-29(39-35)13-19-52(3,47)48/h4-11,20-21,29,39H,12-19,22-24H2,1-3H3,(H,40,44). The molecular weight excluding hydrogens is 742 g/mol. The lowest BCUT2D eigenvalue weighted by molar-refractivity contribution is -0.384. The highest BCUT2D eigenvalue weighted by molar-refractivity contribution is 7.90. The van der Waals surface area contributed by atoms with Crippen LogP contribution in [0.5, 0.6) is 5.75 Å². The lowest BCUT2D eigenvalue weighted by atomic mass is 9.72. The van der Waals surface area contributed by atoms with Crippen molar-refractivity contribution in [3.63, 3.8) is 0 Å². The number of piperazine rings is 1. The van der Waals surface area contributed by atoms with Crippen LogP contribution in [-0.4, -0.2) is 89.9 Å². The summed E-state index contributed by atoms with van der Waals surface area (Å²) in [6, 6.07) is 16.2. The summed E-state index contributed by atoms with van der Waals surface area (Å²) in [6.07, 6.45) is 4.47. The normalized spacial score (nSPS) is 19.2. The molecule has 1 amide bonds. The Balaban J connectivity index is 1.08. The Kier molecular flexibility index (Phi) is 11.1. The Morgan fingerprint density at radius 3 is 2.36 bits per heavy atom. The number of amides is 1. The van der Waals surface area contributed by atoms with Gasteiger partial charge in [0.15, 0.2) is 11.4 Å². The minimum atomic E-state index is -4.54. The first-order valence-corrected chi connectivity index (χ1v) is 21.4. The second-order valence-corrected chi connectivity index (χ2v) is 19.2. The first kappa shape index (κ1) is 38.5. The number of halogens is 1. The minimum Gasteiger partial charge on any atom is -0.489 e. The summed E-state index contributed by atoms with van der Waals surface area (Å²) in [4.78, 5) is 28.4. The van der Waals surface area contributed by atoms with Gasteiger partial charge in [0, 0.05) is 67.4 Å². The maximum atomic E-state index is 13.3. The second-order valence-electron chi connectivity index (χ2n) is 14.8. The number of nitro benzene ring substituents is 1. The van der Waals surface area contributed by atoms with Crippen molar-refractivity contribution in [2.75, 3.05) is 61.6 Å². The molecule has 3 aromatic rings. The number of hydrogen-bond donors (Lipinski definition) is 2. The molecule has 284 valence electrons. The number of nitrogens with one attached hydrogen (secondary N) is 2. The number of nitrogens with zero attached hydrogens (tertiary/aromatic N) is 3. The molecule has 0 spiro atoms. The first-order valence-electron chi connectivity index (χ1n) is 17.5. The minimum absolute atomic E-state index is 0.0290. The number of hydrogen-bond acceptors (Lipinski definition) is 11. The fourth-order valence-electron chi connectivity index (χ4n) is 7.04. The summed E-state index contributed by atoms with van der Waals surface area (Å²) >= 11 is 6.18. The van der Waals surface area contributed by atoms with Crippen molar-refractivity contribution in [1.29, 1.82) is 0 Å². The van der Waals surface area contributed by atoms with Gasteiger partial charge in [-0.05, 0) is 78.6 Å².